The molecular formula is C17H17ClN2O. The quantitative estimate of drug-likeness (QED) is 0.815. The first-order valence-electron chi connectivity index (χ1n) is 7.01. The van der Waals surface area contributed by atoms with Crippen molar-refractivity contribution in [1.29, 1.82) is 0 Å². The van der Waals surface area contributed by atoms with Gasteiger partial charge in [0.05, 0.1) is 10.6 Å². The topological polar surface area (TPSA) is 46.3 Å². The molecule has 0 radical (unpaired) electrons. The summed E-state index contributed by atoms with van der Waals surface area (Å²) in [5.74, 6) is 0.357. The van der Waals surface area contributed by atoms with Gasteiger partial charge in [-0.1, -0.05) is 36.7 Å². The summed E-state index contributed by atoms with van der Waals surface area (Å²) >= 11 is 6.18. The Kier molecular flexibility index (Phi) is 3.60. The monoisotopic (exact) mass is 300 g/mol. The first-order chi connectivity index (χ1) is 10.1. The number of halogens is 1. The summed E-state index contributed by atoms with van der Waals surface area (Å²) in [6, 6.07) is 13.1. The zero-order valence-electron chi connectivity index (χ0n) is 11.8. The van der Waals surface area contributed by atoms with Gasteiger partial charge in [0.1, 0.15) is 0 Å². The molecule has 2 N–H and O–H groups in total. The number of anilines is 2. The highest BCUT2D eigenvalue weighted by molar-refractivity contribution is 6.34. The lowest BCUT2D eigenvalue weighted by Gasteiger charge is -2.33. The summed E-state index contributed by atoms with van der Waals surface area (Å²) in [5, 5.41) is 0.399. The Morgan fingerprint density at radius 1 is 1.29 bits per heavy atom. The van der Waals surface area contributed by atoms with E-state index in [-0.39, 0.29) is 5.91 Å². The Morgan fingerprint density at radius 3 is 2.81 bits per heavy atom. The number of hydrogen-bond donors (Lipinski definition) is 1. The molecule has 1 heterocycles. The smallest absolute Gasteiger partial charge is 0.259 e. The average molecular weight is 301 g/mol. The van der Waals surface area contributed by atoms with Crippen LogP contribution in [0.2, 0.25) is 5.02 Å². The van der Waals surface area contributed by atoms with Gasteiger partial charge in [-0.15, -0.1) is 0 Å². The van der Waals surface area contributed by atoms with Crippen molar-refractivity contribution >= 4 is 28.9 Å². The number of hydrogen-bond acceptors (Lipinski definition) is 2. The third-order valence-corrected chi connectivity index (χ3v) is 4.13. The molecule has 0 spiro atoms. The number of benzene rings is 2. The van der Waals surface area contributed by atoms with Crippen LogP contribution in [0.3, 0.4) is 0 Å². The van der Waals surface area contributed by atoms with Crippen LogP contribution < -0.4 is 10.6 Å². The molecule has 108 valence electrons. The zero-order chi connectivity index (χ0) is 15.0. The summed E-state index contributed by atoms with van der Waals surface area (Å²) < 4.78 is 0. The summed E-state index contributed by atoms with van der Waals surface area (Å²) in [6.45, 7) is 2.86. The minimum atomic E-state index is -0.0704. The van der Waals surface area contributed by atoms with Gasteiger partial charge in [0.2, 0.25) is 0 Å². The lowest BCUT2D eigenvalue weighted by Crippen LogP contribution is -2.39. The van der Waals surface area contributed by atoms with E-state index < -0.39 is 0 Å². The fourth-order valence-electron chi connectivity index (χ4n) is 2.84. The molecule has 21 heavy (non-hydrogen) atoms. The van der Waals surface area contributed by atoms with Crippen molar-refractivity contribution in [3.63, 3.8) is 0 Å². The van der Waals surface area contributed by atoms with Crippen molar-refractivity contribution in [2.75, 3.05) is 17.2 Å². The molecule has 2 aromatic carbocycles. The van der Waals surface area contributed by atoms with Gasteiger partial charge >= 0.3 is 0 Å². The maximum absolute atomic E-state index is 12.8. The maximum atomic E-state index is 12.8. The average Bonchev–Trinajstić information content (AvgIpc) is 2.45. The van der Waals surface area contributed by atoms with Crippen LogP contribution in [0.15, 0.2) is 42.5 Å². The van der Waals surface area contributed by atoms with Gasteiger partial charge in [-0.3, -0.25) is 4.79 Å². The number of rotatable bonds is 1. The van der Waals surface area contributed by atoms with Crippen LogP contribution in [-0.2, 0) is 6.42 Å². The molecule has 3 rings (SSSR count). The Morgan fingerprint density at radius 2 is 2.05 bits per heavy atom. The number of nitrogens with two attached hydrogens (primary N) is 1. The lowest BCUT2D eigenvalue weighted by atomic mass is 9.93. The second-order valence-electron chi connectivity index (χ2n) is 5.59. The molecule has 1 amide bonds. The minimum absolute atomic E-state index is 0.0704. The third kappa shape index (κ3) is 2.61. The van der Waals surface area contributed by atoms with E-state index >= 15 is 0 Å². The van der Waals surface area contributed by atoms with Crippen LogP contribution in [0.4, 0.5) is 11.4 Å². The molecule has 1 aliphatic rings. The van der Waals surface area contributed by atoms with E-state index in [1.807, 2.05) is 23.1 Å². The largest absolute Gasteiger partial charge is 0.399 e. The Balaban J connectivity index is 2.02. The predicted octanol–water partition coefficient (Wildman–Crippen LogP) is 3.76. The van der Waals surface area contributed by atoms with E-state index in [9.17, 15) is 4.79 Å². The Bertz CT molecular complexity index is 699. The van der Waals surface area contributed by atoms with E-state index in [0.717, 1.165) is 12.1 Å². The standard InChI is InChI=1S/C17H17ClN2O/c1-11-8-12-4-2-3-5-16(12)20(10-11)17(21)14-7-6-13(19)9-15(14)18/h2-7,9,11H,8,10,19H2,1H3. The molecule has 4 heteroatoms. The van der Waals surface area contributed by atoms with Gasteiger partial charge in [-0.05, 0) is 42.2 Å². The summed E-state index contributed by atoms with van der Waals surface area (Å²) in [5.41, 5.74) is 8.93. The van der Waals surface area contributed by atoms with Crippen molar-refractivity contribution in [3.8, 4) is 0 Å². The van der Waals surface area contributed by atoms with Crippen molar-refractivity contribution in [3.05, 3.63) is 58.6 Å². The molecule has 0 aliphatic carbocycles. The normalized spacial score (nSPS) is 17.4. The number of nitrogen functional groups attached to an aromatic ring is 1. The zero-order valence-corrected chi connectivity index (χ0v) is 12.6. The fourth-order valence-corrected chi connectivity index (χ4v) is 3.11. The highest BCUT2D eigenvalue weighted by Gasteiger charge is 2.27. The summed E-state index contributed by atoms with van der Waals surface area (Å²) in [6.07, 6.45) is 0.995. The molecule has 0 aromatic heterocycles. The van der Waals surface area contributed by atoms with Crippen molar-refractivity contribution in [2.45, 2.75) is 13.3 Å². The van der Waals surface area contributed by atoms with Crippen LogP contribution in [0.5, 0.6) is 0 Å². The maximum Gasteiger partial charge on any atom is 0.259 e. The molecule has 0 bridgehead atoms. The van der Waals surface area contributed by atoms with Crippen LogP contribution in [-0.4, -0.2) is 12.5 Å². The van der Waals surface area contributed by atoms with Crippen molar-refractivity contribution in [1.82, 2.24) is 0 Å². The Labute approximate surface area is 129 Å². The molecular weight excluding hydrogens is 284 g/mol. The molecule has 0 saturated heterocycles. The van der Waals surface area contributed by atoms with E-state index in [1.165, 1.54) is 5.56 Å². The van der Waals surface area contributed by atoms with Gasteiger partial charge in [0.15, 0.2) is 0 Å². The molecule has 2 aromatic rings. The van der Waals surface area contributed by atoms with Gasteiger partial charge in [0, 0.05) is 17.9 Å². The van der Waals surface area contributed by atoms with Gasteiger partial charge in [-0.2, -0.15) is 0 Å². The highest BCUT2D eigenvalue weighted by atomic mass is 35.5. The van der Waals surface area contributed by atoms with Gasteiger partial charge in [0.25, 0.3) is 5.91 Å². The van der Waals surface area contributed by atoms with E-state index in [1.54, 1.807) is 18.2 Å². The van der Waals surface area contributed by atoms with Gasteiger partial charge in [-0.25, -0.2) is 0 Å². The van der Waals surface area contributed by atoms with Crippen LogP contribution in [0.25, 0.3) is 0 Å². The number of fused-ring (bicyclic) bond motifs is 1. The lowest BCUT2D eigenvalue weighted by molar-refractivity contribution is 0.0981. The first kappa shape index (κ1) is 14.0. The predicted molar refractivity (Wildman–Crippen MR) is 86.9 cm³/mol. The summed E-state index contributed by atoms with van der Waals surface area (Å²) in [4.78, 5) is 14.7. The van der Waals surface area contributed by atoms with E-state index in [4.69, 9.17) is 17.3 Å². The second-order valence-corrected chi connectivity index (χ2v) is 6.00. The van der Waals surface area contributed by atoms with E-state index in [0.29, 0.717) is 28.7 Å². The minimum Gasteiger partial charge on any atom is -0.399 e. The van der Waals surface area contributed by atoms with Crippen molar-refractivity contribution < 1.29 is 4.79 Å². The fraction of sp³-hybridized carbons (Fsp3) is 0.235. The number of carbonyl (C=O) groups excluding carboxylic acids is 1. The summed E-state index contributed by atoms with van der Waals surface area (Å²) in [7, 11) is 0. The molecule has 1 unspecified atom stereocenters. The van der Waals surface area contributed by atoms with E-state index in [2.05, 4.69) is 13.0 Å². The first-order valence-corrected chi connectivity index (χ1v) is 7.39. The number of carbonyl (C=O) groups is 1. The van der Waals surface area contributed by atoms with Crippen LogP contribution in [0.1, 0.15) is 22.8 Å². The molecule has 0 saturated carbocycles. The van der Waals surface area contributed by atoms with Crippen LogP contribution in [0, 0.1) is 5.92 Å². The number of nitrogens with zero attached hydrogens (tertiary/aromatic N) is 1. The number of para-hydroxylation sites is 1. The second kappa shape index (κ2) is 5.41. The Hall–Kier alpha value is -2.00. The molecule has 0 fully saturated rings. The molecule has 3 nitrogen and oxygen atoms in total. The molecule has 1 aliphatic heterocycles. The highest BCUT2D eigenvalue weighted by Crippen LogP contribution is 2.32. The van der Waals surface area contributed by atoms with Gasteiger partial charge < -0.3 is 10.6 Å². The number of amides is 1. The third-order valence-electron chi connectivity index (χ3n) is 3.81. The van der Waals surface area contributed by atoms with Crippen LogP contribution >= 0.6 is 11.6 Å². The van der Waals surface area contributed by atoms with Crippen molar-refractivity contribution in [2.24, 2.45) is 5.92 Å². The molecule has 1 atom stereocenters. The SMILES string of the molecule is CC1Cc2ccccc2N(C(=O)c2ccc(N)cc2Cl)C1.